The van der Waals surface area contributed by atoms with Crippen molar-refractivity contribution in [1.29, 1.82) is 0 Å². The smallest absolute Gasteiger partial charge is 0.112 e. The fraction of sp³-hybridized carbons (Fsp3) is 0.625. The number of rotatable bonds is 2. The van der Waals surface area contributed by atoms with Crippen LogP contribution in [0.2, 0.25) is 0 Å². The third-order valence-corrected chi connectivity index (χ3v) is 3.64. The predicted octanol–water partition coefficient (Wildman–Crippen LogP) is 0.240. The van der Waals surface area contributed by atoms with Gasteiger partial charge in [0.2, 0.25) is 0 Å². The summed E-state index contributed by atoms with van der Waals surface area (Å²) in [4.78, 5) is 6.47. The van der Waals surface area contributed by atoms with Crippen molar-refractivity contribution < 1.29 is 0 Å². The summed E-state index contributed by atoms with van der Waals surface area (Å²) in [5, 5.41) is 5.52. The molecule has 0 aromatic carbocycles. The summed E-state index contributed by atoms with van der Waals surface area (Å²) >= 11 is 0. The molecule has 0 aliphatic carbocycles. The molecule has 1 atom stereocenters. The van der Waals surface area contributed by atoms with Crippen molar-refractivity contribution >= 4 is 16.4 Å². The van der Waals surface area contributed by atoms with Crippen molar-refractivity contribution in [2.75, 3.05) is 32.1 Å². The quantitative estimate of drug-likeness (QED) is 0.602. The lowest BCUT2D eigenvalue weighted by molar-refractivity contribution is 0.280. The Morgan fingerprint density at radius 1 is 1.50 bits per heavy atom. The maximum absolute atomic E-state index is 3.99. The van der Waals surface area contributed by atoms with Gasteiger partial charge >= 0.3 is 0 Å². The Kier molecular flexibility index (Phi) is 2.81. The van der Waals surface area contributed by atoms with Gasteiger partial charge in [0.25, 0.3) is 0 Å². The summed E-state index contributed by atoms with van der Waals surface area (Å²) in [5.41, 5.74) is 3.12. The summed E-state index contributed by atoms with van der Waals surface area (Å²) in [6, 6.07) is 0. The Bertz CT molecular complexity index is 184. The monoisotopic (exact) mass is 184 g/mol. The minimum absolute atomic E-state index is 0.167. The number of thiol groups is 1. The second kappa shape index (κ2) is 4.07. The van der Waals surface area contributed by atoms with Crippen LogP contribution in [0.3, 0.4) is 0 Å². The van der Waals surface area contributed by atoms with Crippen LogP contribution >= 0.6 is 10.9 Å². The molecule has 0 aromatic rings. The van der Waals surface area contributed by atoms with Gasteiger partial charge in [-0.1, -0.05) is 0 Å². The number of piperazine rings is 1. The summed E-state index contributed by atoms with van der Waals surface area (Å²) in [7, 11) is -0.167. The van der Waals surface area contributed by atoms with Gasteiger partial charge in [-0.3, -0.25) is 4.90 Å². The van der Waals surface area contributed by atoms with Crippen LogP contribution in [-0.4, -0.2) is 42.5 Å². The van der Waals surface area contributed by atoms with Crippen LogP contribution in [0, 0.1) is 0 Å². The zero-order valence-electron chi connectivity index (χ0n) is 7.03. The second-order valence-corrected chi connectivity index (χ2v) is 4.73. The molecule has 0 saturated carbocycles. The molecule has 1 radical (unpaired) electrons. The van der Waals surface area contributed by atoms with Gasteiger partial charge in [-0.15, -0.1) is 0 Å². The Labute approximate surface area is 75.9 Å². The molecule has 1 unspecified atom stereocenters. The van der Waals surface area contributed by atoms with Crippen molar-refractivity contribution in [3.05, 3.63) is 11.6 Å². The topological polar surface area (TPSA) is 27.6 Å². The largest absolute Gasteiger partial charge is 0.314 e. The highest BCUT2D eigenvalue weighted by atomic mass is 32.2. The minimum Gasteiger partial charge on any atom is -0.314 e. The Hall–Kier alpha value is -0.320. The first kappa shape index (κ1) is 8.29. The Morgan fingerprint density at radius 3 is 3.00 bits per heavy atom. The number of nitrogens with zero attached hydrogens (tertiary/aromatic N) is 2. The average molecular weight is 184 g/mol. The normalized spacial score (nSPS) is 32.8. The molecular formula is C8H14N3S. The highest BCUT2D eigenvalue weighted by molar-refractivity contribution is 8.30. The molecule has 2 rings (SSSR count). The minimum atomic E-state index is -0.167. The molecule has 1 saturated heterocycles. The van der Waals surface area contributed by atoms with Crippen molar-refractivity contribution in [3.63, 3.8) is 0 Å². The molecule has 4 heteroatoms. The van der Waals surface area contributed by atoms with E-state index in [0.29, 0.717) is 0 Å². The molecule has 2 heterocycles. The van der Waals surface area contributed by atoms with Gasteiger partial charge in [-0.25, -0.2) is 4.99 Å². The third-order valence-electron chi connectivity index (χ3n) is 2.07. The molecule has 0 spiro atoms. The summed E-state index contributed by atoms with van der Waals surface area (Å²) in [5.74, 6) is 1.15. The summed E-state index contributed by atoms with van der Waals surface area (Å²) < 4.78 is 0. The van der Waals surface area contributed by atoms with E-state index >= 15 is 0 Å². The standard InChI is InChI=1S/C8H14N3S/c1-4-11(5-2-9-1)8-12-6-3-10-7-12/h3,6,9,12H,1-2,4-5,8H2. The van der Waals surface area contributed by atoms with Crippen LogP contribution in [-0.2, 0) is 0 Å². The zero-order valence-corrected chi connectivity index (χ0v) is 7.93. The van der Waals surface area contributed by atoms with Crippen molar-refractivity contribution in [2.45, 2.75) is 0 Å². The summed E-state index contributed by atoms with van der Waals surface area (Å²) in [6.07, 6.45) is 1.87. The first-order valence-electron chi connectivity index (χ1n) is 4.27. The van der Waals surface area contributed by atoms with Gasteiger partial charge in [0.15, 0.2) is 0 Å². The van der Waals surface area contributed by atoms with Crippen LogP contribution in [0.25, 0.3) is 0 Å². The molecular weight excluding hydrogens is 170 g/mol. The first-order valence-corrected chi connectivity index (χ1v) is 5.87. The lowest BCUT2D eigenvalue weighted by Gasteiger charge is -2.28. The molecule has 12 heavy (non-hydrogen) atoms. The van der Waals surface area contributed by atoms with E-state index in [2.05, 4.69) is 26.2 Å². The van der Waals surface area contributed by atoms with E-state index in [-0.39, 0.29) is 10.9 Å². The second-order valence-electron chi connectivity index (χ2n) is 3.01. The van der Waals surface area contributed by atoms with Crippen LogP contribution in [0.15, 0.2) is 16.6 Å². The van der Waals surface area contributed by atoms with E-state index in [9.17, 15) is 0 Å². The number of nitrogens with one attached hydrogen (secondary N) is 1. The van der Waals surface area contributed by atoms with Crippen LogP contribution in [0.5, 0.6) is 0 Å². The molecule has 2 aliphatic rings. The molecule has 1 fully saturated rings. The lowest BCUT2D eigenvalue weighted by Crippen LogP contribution is -2.43. The van der Waals surface area contributed by atoms with Crippen LogP contribution in [0.1, 0.15) is 0 Å². The fourth-order valence-corrected chi connectivity index (χ4v) is 2.78. The Morgan fingerprint density at radius 2 is 2.33 bits per heavy atom. The maximum Gasteiger partial charge on any atom is 0.112 e. The van der Waals surface area contributed by atoms with E-state index in [1.807, 2.05) is 6.20 Å². The lowest BCUT2D eigenvalue weighted by atomic mass is 10.4. The van der Waals surface area contributed by atoms with Crippen LogP contribution in [0.4, 0.5) is 0 Å². The SMILES string of the molecule is [C]1=NC=C[SH]1CN1CCNCC1. The third kappa shape index (κ3) is 2.09. The van der Waals surface area contributed by atoms with E-state index in [0.717, 1.165) is 19.0 Å². The molecule has 0 bridgehead atoms. The average Bonchev–Trinajstić information content (AvgIpc) is 2.59. The van der Waals surface area contributed by atoms with Gasteiger partial charge in [0.05, 0.1) is 0 Å². The molecule has 67 valence electrons. The van der Waals surface area contributed by atoms with E-state index in [4.69, 9.17) is 0 Å². The molecule has 3 nitrogen and oxygen atoms in total. The Balaban J connectivity index is 1.77. The van der Waals surface area contributed by atoms with E-state index in [1.54, 1.807) is 0 Å². The predicted molar refractivity (Wildman–Crippen MR) is 54.9 cm³/mol. The molecule has 0 aromatic heterocycles. The molecule has 0 amide bonds. The van der Waals surface area contributed by atoms with Gasteiger partial charge in [-0.05, 0) is 5.41 Å². The number of hydrogen-bond donors (Lipinski definition) is 2. The van der Waals surface area contributed by atoms with Gasteiger partial charge in [-0.2, -0.15) is 10.9 Å². The molecule has 2 aliphatic heterocycles. The number of hydrogen-bond acceptors (Lipinski definition) is 3. The van der Waals surface area contributed by atoms with E-state index < -0.39 is 0 Å². The summed E-state index contributed by atoms with van der Waals surface area (Å²) in [6.45, 7) is 4.61. The van der Waals surface area contributed by atoms with Gasteiger partial charge in [0, 0.05) is 38.3 Å². The molecule has 1 N–H and O–H groups in total. The number of aliphatic imine (C=N–C) groups is 1. The van der Waals surface area contributed by atoms with Crippen molar-refractivity contribution in [2.24, 2.45) is 4.99 Å². The van der Waals surface area contributed by atoms with Crippen molar-refractivity contribution in [3.8, 4) is 0 Å². The maximum atomic E-state index is 3.99. The highest BCUT2D eigenvalue weighted by Gasteiger charge is 2.12. The van der Waals surface area contributed by atoms with E-state index in [1.165, 1.54) is 13.1 Å². The van der Waals surface area contributed by atoms with Crippen LogP contribution < -0.4 is 5.32 Å². The zero-order chi connectivity index (χ0) is 8.23. The highest BCUT2D eigenvalue weighted by Crippen LogP contribution is 2.28. The van der Waals surface area contributed by atoms with Gasteiger partial charge < -0.3 is 5.32 Å². The first-order chi connectivity index (χ1) is 5.95. The van der Waals surface area contributed by atoms with Crippen molar-refractivity contribution in [1.82, 2.24) is 10.2 Å². The fourth-order valence-electron chi connectivity index (χ4n) is 1.40. The van der Waals surface area contributed by atoms with Gasteiger partial charge in [0.1, 0.15) is 5.55 Å².